The third-order valence-electron chi connectivity index (χ3n) is 6.12. The minimum Gasteiger partial charge on any atom is -0.490 e. The van der Waals surface area contributed by atoms with Gasteiger partial charge in [0, 0.05) is 27.7 Å². The van der Waals surface area contributed by atoms with Crippen LogP contribution in [0.3, 0.4) is 0 Å². The van der Waals surface area contributed by atoms with Crippen LogP contribution in [0, 0.1) is 12.7 Å². The lowest BCUT2D eigenvalue weighted by Crippen LogP contribution is -2.32. The molecule has 0 unspecified atom stereocenters. The van der Waals surface area contributed by atoms with Crippen LogP contribution in [0.25, 0.3) is 17.0 Å². The Morgan fingerprint density at radius 3 is 2.53 bits per heavy atom. The molecule has 0 saturated carbocycles. The number of benzene rings is 3. The van der Waals surface area contributed by atoms with Crippen molar-refractivity contribution in [2.45, 2.75) is 13.5 Å². The molecule has 8 heteroatoms. The standard InChI is InChI=1S/C28H22ClFN2O3S/c1-18-21(20-9-3-6-12-24(20)32(18)17-19-8-2-5-11-23(19)30)16-26-27(33)31(28(34)36-26)14-15-35-25-13-7-4-10-22(25)29/h2-13,16H,14-15,17H2,1H3/b26-16-. The zero-order valence-electron chi connectivity index (χ0n) is 19.4. The highest BCUT2D eigenvalue weighted by Gasteiger charge is 2.35. The molecule has 0 radical (unpaired) electrons. The van der Waals surface area contributed by atoms with Crippen LogP contribution in [-0.2, 0) is 11.3 Å². The molecule has 1 saturated heterocycles. The first-order valence-electron chi connectivity index (χ1n) is 11.4. The van der Waals surface area contributed by atoms with E-state index in [4.69, 9.17) is 16.3 Å². The van der Waals surface area contributed by atoms with E-state index in [0.29, 0.717) is 27.8 Å². The van der Waals surface area contributed by atoms with Crippen LogP contribution in [-0.4, -0.2) is 33.8 Å². The highest BCUT2D eigenvalue weighted by molar-refractivity contribution is 8.18. The zero-order valence-corrected chi connectivity index (χ0v) is 21.0. The quantitative estimate of drug-likeness (QED) is 0.248. The number of carbonyl (C=O) groups is 2. The number of amides is 2. The van der Waals surface area contributed by atoms with E-state index < -0.39 is 0 Å². The van der Waals surface area contributed by atoms with E-state index in [2.05, 4.69) is 0 Å². The van der Waals surface area contributed by atoms with Gasteiger partial charge in [-0.3, -0.25) is 14.5 Å². The first-order valence-corrected chi connectivity index (χ1v) is 12.6. The molecule has 182 valence electrons. The van der Waals surface area contributed by atoms with Crippen LogP contribution in [0.4, 0.5) is 9.18 Å². The molecule has 0 spiro atoms. The molecule has 1 aliphatic rings. The molecule has 1 fully saturated rings. The van der Waals surface area contributed by atoms with Crippen LogP contribution >= 0.6 is 23.4 Å². The van der Waals surface area contributed by atoms with E-state index in [1.54, 1.807) is 42.5 Å². The second-order valence-corrected chi connectivity index (χ2v) is 9.71. The second-order valence-electron chi connectivity index (χ2n) is 8.31. The largest absolute Gasteiger partial charge is 0.490 e. The lowest BCUT2D eigenvalue weighted by Gasteiger charge is -2.13. The van der Waals surface area contributed by atoms with Gasteiger partial charge >= 0.3 is 0 Å². The van der Waals surface area contributed by atoms with Gasteiger partial charge in [0.15, 0.2) is 0 Å². The second kappa shape index (κ2) is 10.2. The van der Waals surface area contributed by atoms with Gasteiger partial charge in [-0.05, 0) is 49.0 Å². The summed E-state index contributed by atoms with van der Waals surface area (Å²) in [5.41, 5.74) is 3.22. The van der Waals surface area contributed by atoms with Gasteiger partial charge in [-0.1, -0.05) is 60.1 Å². The number of ether oxygens (including phenoxy) is 1. The Bertz CT molecular complexity index is 1510. The predicted molar refractivity (Wildman–Crippen MR) is 142 cm³/mol. The number of para-hydroxylation sites is 2. The van der Waals surface area contributed by atoms with Gasteiger partial charge in [0.05, 0.1) is 23.0 Å². The fourth-order valence-corrected chi connectivity index (χ4v) is 5.31. The predicted octanol–water partition coefficient (Wildman–Crippen LogP) is 6.91. The summed E-state index contributed by atoms with van der Waals surface area (Å²) >= 11 is 7.01. The smallest absolute Gasteiger partial charge is 0.293 e. The van der Waals surface area contributed by atoms with Crippen LogP contribution in [0.2, 0.25) is 5.02 Å². The number of hydrogen-bond donors (Lipinski definition) is 0. The molecule has 0 bridgehead atoms. The maximum absolute atomic E-state index is 14.4. The molecule has 36 heavy (non-hydrogen) atoms. The van der Waals surface area contributed by atoms with Crippen molar-refractivity contribution in [1.29, 1.82) is 0 Å². The molecule has 0 aliphatic carbocycles. The van der Waals surface area contributed by atoms with Gasteiger partial charge in [-0.15, -0.1) is 0 Å². The number of nitrogens with zero attached hydrogens (tertiary/aromatic N) is 2. The number of thioether (sulfide) groups is 1. The minimum absolute atomic E-state index is 0.112. The molecule has 5 rings (SSSR count). The van der Waals surface area contributed by atoms with Gasteiger partial charge in [-0.2, -0.15) is 0 Å². The number of carbonyl (C=O) groups excluding carboxylic acids is 2. The molecule has 0 N–H and O–H groups in total. The molecule has 2 heterocycles. The number of rotatable bonds is 7. The van der Waals surface area contributed by atoms with Crippen molar-refractivity contribution in [1.82, 2.24) is 9.47 Å². The SMILES string of the molecule is Cc1c(/C=C2\SC(=O)N(CCOc3ccccc3Cl)C2=O)c2ccccc2n1Cc1ccccc1F. The van der Waals surface area contributed by atoms with Crippen LogP contribution in [0.5, 0.6) is 5.75 Å². The first-order chi connectivity index (χ1) is 17.4. The monoisotopic (exact) mass is 520 g/mol. The number of imide groups is 1. The van der Waals surface area contributed by atoms with E-state index in [9.17, 15) is 14.0 Å². The van der Waals surface area contributed by atoms with Gasteiger partial charge in [0.2, 0.25) is 0 Å². The summed E-state index contributed by atoms with van der Waals surface area (Å²) in [5, 5.41) is 1.05. The number of hydrogen-bond acceptors (Lipinski definition) is 4. The lowest BCUT2D eigenvalue weighted by molar-refractivity contribution is -0.123. The summed E-state index contributed by atoms with van der Waals surface area (Å²) in [6, 6.07) is 21.5. The summed E-state index contributed by atoms with van der Waals surface area (Å²) in [4.78, 5) is 27.2. The van der Waals surface area contributed by atoms with Crippen LogP contribution < -0.4 is 4.74 Å². The average Bonchev–Trinajstić information content (AvgIpc) is 3.29. The Kier molecular flexibility index (Phi) is 6.85. The Hall–Kier alpha value is -3.55. The lowest BCUT2D eigenvalue weighted by atomic mass is 10.1. The average molecular weight is 521 g/mol. The maximum Gasteiger partial charge on any atom is 0.293 e. The Balaban J connectivity index is 1.41. The summed E-state index contributed by atoms with van der Waals surface area (Å²) in [7, 11) is 0. The van der Waals surface area contributed by atoms with Crippen molar-refractivity contribution < 1.29 is 18.7 Å². The molecule has 2 amide bonds. The third-order valence-corrected chi connectivity index (χ3v) is 7.34. The number of aromatic nitrogens is 1. The highest BCUT2D eigenvalue weighted by Crippen LogP contribution is 2.36. The van der Waals surface area contributed by atoms with Gasteiger partial charge in [0.1, 0.15) is 18.2 Å². The summed E-state index contributed by atoms with van der Waals surface area (Å²) in [6.07, 6.45) is 1.76. The van der Waals surface area contributed by atoms with E-state index in [0.717, 1.165) is 33.9 Å². The minimum atomic E-state index is -0.363. The topological polar surface area (TPSA) is 51.5 Å². The number of fused-ring (bicyclic) bond motifs is 1. The van der Waals surface area contributed by atoms with Crippen LogP contribution in [0.15, 0.2) is 77.7 Å². The van der Waals surface area contributed by atoms with Gasteiger partial charge in [0.25, 0.3) is 11.1 Å². The normalized spacial score (nSPS) is 14.9. The van der Waals surface area contributed by atoms with E-state index in [-0.39, 0.29) is 30.1 Å². The molecule has 3 aromatic carbocycles. The number of halogens is 2. The van der Waals surface area contributed by atoms with Crippen molar-refractivity contribution >= 4 is 51.5 Å². The van der Waals surface area contributed by atoms with Gasteiger partial charge < -0.3 is 9.30 Å². The molecule has 1 aromatic heterocycles. The summed E-state index contributed by atoms with van der Waals surface area (Å²) in [5.74, 6) is -0.130. The van der Waals surface area contributed by atoms with E-state index in [1.807, 2.05) is 41.8 Å². The van der Waals surface area contributed by atoms with E-state index in [1.165, 1.54) is 11.0 Å². The highest BCUT2D eigenvalue weighted by atomic mass is 35.5. The zero-order chi connectivity index (χ0) is 25.2. The van der Waals surface area contributed by atoms with Crippen molar-refractivity contribution in [2.24, 2.45) is 0 Å². The van der Waals surface area contributed by atoms with Crippen molar-refractivity contribution in [3.63, 3.8) is 0 Å². The summed E-state index contributed by atoms with van der Waals surface area (Å²) < 4.78 is 22.1. The van der Waals surface area contributed by atoms with Crippen LogP contribution in [0.1, 0.15) is 16.8 Å². The fraction of sp³-hybridized carbons (Fsp3) is 0.143. The molecular weight excluding hydrogens is 499 g/mol. The summed E-state index contributed by atoms with van der Waals surface area (Å²) in [6.45, 7) is 2.54. The molecule has 4 aromatic rings. The third kappa shape index (κ3) is 4.64. The van der Waals surface area contributed by atoms with Gasteiger partial charge in [-0.25, -0.2) is 4.39 Å². The molecule has 0 atom stereocenters. The Morgan fingerprint density at radius 1 is 1.00 bits per heavy atom. The first kappa shape index (κ1) is 24.2. The molecule has 5 nitrogen and oxygen atoms in total. The Labute approximate surface area is 217 Å². The van der Waals surface area contributed by atoms with Crippen molar-refractivity contribution in [2.75, 3.05) is 13.2 Å². The molecular formula is C28H22ClFN2O3S. The molecule has 1 aliphatic heterocycles. The van der Waals surface area contributed by atoms with Crippen molar-refractivity contribution in [3.05, 3.63) is 105 Å². The Morgan fingerprint density at radius 2 is 1.72 bits per heavy atom. The van der Waals surface area contributed by atoms with Crippen molar-refractivity contribution in [3.8, 4) is 5.75 Å². The fourth-order valence-electron chi connectivity index (χ4n) is 4.27. The maximum atomic E-state index is 14.4. The van der Waals surface area contributed by atoms with E-state index >= 15 is 0 Å².